The molecule has 0 aliphatic carbocycles. The zero-order chi connectivity index (χ0) is 7.56. The summed E-state index contributed by atoms with van der Waals surface area (Å²) in [5, 5.41) is 1.49. The normalized spacial score (nSPS) is 21.8. The van der Waals surface area contributed by atoms with Crippen LogP contribution in [0.2, 0.25) is 0 Å². The van der Waals surface area contributed by atoms with E-state index in [9.17, 15) is 4.79 Å². The molecule has 1 heterocycles. The molecule has 1 rings (SSSR count). The Kier molecular flexibility index (Phi) is 2.27. The molecule has 0 aromatic carbocycles. The average Bonchev–Trinajstić information content (AvgIpc) is 2.34. The van der Waals surface area contributed by atoms with Crippen molar-refractivity contribution in [1.29, 1.82) is 0 Å². The molecule has 0 aromatic heterocycles. The average molecular weight is 143 g/mol. The zero-order valence-electron chi connectivity index (χ0n) is 6.46. The lowest BCUT2D eigenvalue weighted by atomic mass is 10.2. The van der Waals surface area contributed by atoms with Gasteiger partial charge >= 0.3 is 0 Å². The number of hydrogen-bond acceptors (Lipinski definition) is 2. The molecule has 1 amide bonds. The molecule has 1 saturated heterocycles. The minimum absolute atomic E-state index is 0.120. The first-order chi connectivity index (χ1) is 4.75. The minimum Gasteiger partial charge on any atom is -0.272 e. The molecule has 0 saturated carbocycles. The smallest absolute Gasteiger partial charge is 0.248 e. The van der Waals surface area contributed by atoms with Crippen LogP contribution < -0.4 is 0 Å². The SMILES string of the molecule is CCC(C)N1OCCC1=O. The Labute approximate surface area is 60.9 Å². The summed E-state index contributed by atoms with van der Waals surface area (Å²) in [5.41, 5.74) is 0. The van der Waals surface area contributed by atoms with Crippen molar-refractivity contribution in [2.45, 2.75) is 32.7 Å². The molecule has 0 bridgehead atoms. The lowest BCUT2D eigenvalue weighted by Crippen LogP contribution is -2.32. The predicted molar refractivity (Wildman–Crippen MR) is 37.2 cm³/mol. The van der Waals surface area contributed by atoms with Gasteiger partial charge in [-0.3, -0.25) is 9.63 Å². The second-order valence-corrected chi connectivity index (χ2v) is 2.56. The van der Waals surface area contributed by atoms with Gasteiger partial charge in [0.05, 0.1) is 19.1 Å². The van der Waals surface area contributed by atoms with Gasteiger partial charge in [0.25, 0.3) is 0 Å². The molecule has 3 heteroatoms. The van der Waals surface area contributed by atoms with E-state index in [0.29, 0.717) is 13.0 Å². The maximum Gasteiger partial charge on any atom is 0.248 e. The van der Waals surface area contributed by atoms with Crippen LogP contribution in [-0.2, 0) is 9.63 Å². The van der Waals surface area contributed by atoms with Crippen LogP contribution in [0.25, 0.3) is 0 Å². The first kappa shape index (κ1) is 7.54. The molecular weight excluding hydrogens is 130 g/mol. The van der Waals surface area contributed by atoms with E-state index in [2.05, 4.69) is 0 Å². The molecule has 0 spiro atoms. The summed E-state index contributed by atoms with van der Waals surface area (Å²) in [5.74, 6) is 0.120. The molecule has 3 nitrogen and oxygen atoms in total. The van der Waals surface area contributed by atoms with Crippen molar-refractivity contribution in [3.63, 3.8) is 0 Å². The van der Waals surface area contributed by atoms with Crippen LogP contribution >= 0.6 is 0 Å². The molecule has 0 N–H and O–H groups in total. The van der Waals surface area contributed by atoms with E-state index in [1.165, 1.54) is 5.06 Å². The van der Waals surface area contributed by atoms with Crippen molar-refractivity contribution in [3.8, 4) is 0 Å². The second kappa shape index (κ2) is 3.01. The number of hydrogen-bond donors (Lipinski definition) is 0. The van der Waals surface area contributed by atoms with Crippen molar-refractivity contribution in [3.05, 3.63) is 0 Å². The predicted octanol–water partition coefficient (Wildman–Crippen LogP) is 0.949. The molecule has 1 unspecified atom stereocenters. The molecule has 1 fully saturated rings. The van der Waals surface area contributed by atoms with Gasteiger partial charge in [-0.05, 0) is 13.3 Å². The molecule has 58 valence electrons. The molecule has 1 atom stereocenters. The molecule has 0 aromatic rings. The van der Waals surface area contributed by atoms with Gasteiger partial charge in [0.15, 0.2) is 0 Å². The summed E-state index contributed by atoms with van der Waals surface area (Å²) in [6, 6.07) is 0.231. The largest absolute Gasteiger partial charge is 0.272 e. The Morgan fingerprint density at radius 2 is 2.50 bits per heavy atom. The highest BCUT2D eigenvalue weighted by atomic mass is 16.7. The standard InChI is InChI=1S/C7H13NO2/c1-3-6(2)8-7(9)4-5-10-8/h6H,3-5H2,1-2H3. The first-order valence-corrected chi connectivity index (χ1v) is 3.70. The van der Waals surface area contributed by atoms with Crippen LogP contribution in [0.4, 0.5) is 0 Å². The van der Waals surface area contributed by atoms with Crippen LogP contribution in [0.15, 0.2) is 0 Å². The second-order valence-electron chi connectivity index (χ2n) is 2.56. The van der Waals surface area contributed by atoms with Gasteiger partial charge in [-0.25, -0.2) is 5.06 Å². The lowest BCUT2D eigenvalue weighted by molar-refractivity contribution is -0.172. The Bertz CT molecular complexity index is 136. The third kappa shape index (κ3) is 1.29. The van der Waals surface area contributed by atoms with E-state index in [1.807, 2.05) is 13.8 Å². The summed E-state index contributed by atoms with van der Waals surface area (Å²) in [7, 11) is 0. The molecule has 1 aliphatic rings. The van der Waals surface area contributed by atoms with Crippen LogP contribution in [0, 0.1) is 0 Å². The topological polar surface area (TPSA) is 29.5 Å². The Balaban J connectivity index is 2.46. The fourth-order valence-corrected chi connectivity index (χ4v) is 0.952. The Morgan fingerprint density at radius 3 is 2.90 bits per heavy atom. The quantitative estimate of drug-likeness (QED) is 0.576. The summed E-state index contributed by atoms with van der Waals surface area (Å²) in [6.07, 6.45) is 1.50. The highest BCUT2D eigenvalue weighted by Crippen LogP contribution is 2.12. The fourth-order valence-electron chi connectivity index (χ4n) is 0.952. The highest BCUT2D eigenvalue weighted by molar-refractivity contribution is 5.76. The third-order valence-electron chi connectivity index (χ3n) is 1.78. The lowest BCUT2D eigenvalue weighted by Gasteiger charge is -2.20. The zero-order valence-corrected chi connectivity index (χ0v) is 6.46. The summed E-state index contributed by atoms with van der Waals surface area (Å²) in [6.45, 7) is 4.59. The van der Waals surface area contributed by atoms with E-state index in [1.54, 1.807) is 0 Å². The van der Waals surface area contributed by atoms with Gasteiger partial charge in [0, 0.05) is 0 Å². The minimum atomic E-state index is 0.120. The number of amides is 1. The highest BCUT2D eigenvalue weighted by Gasteiger charge is 2.25. The van der Waals surface area contributed by atoms with Gasteiger partial charge in [-0.15, -0.1) is 0 Å². The van der Waals surface area contributed by atoms with Gasteiger partial charge < -0.3 is 0 Å². The maximum atomic E-state index is 11.0. The van der Waals surface area contributed by atoms with E-state index in [0.717, 1.165) is 6.42 Å². The molecule has 1 aliphatic heterocycles. The van der Waals surface area contributed by atoms with E-state index in [-0.39, 0.29) is 11.9 Å². The summed E-state index contributed by atoms with van der Waals surface area (Å²) >= 11 is 0. The van der Waals surface area contributed by atoms with Crippen LogP contribution in [0.5, 0.6) is 0 Å². The Hall–Kier alpha value is -0.570. The van der Waals surface area contributed by atoms with Gasteiger partial charge in [-0.1, -0.05) is 6.92 Å². The fraction of sp³-hybridized carbons (Fsp3) is 0.857. The van der Waals surface area contributed by atoms with Crippen LogP contribution in [0.1, 0.15) is 26.7 Å². The molecular formula is C7H13NO2. The van der Waals surface area contributed by atoms with E-state index in [4.69, 9.17) is 4.84 Å². The summed E-state index contributed by atoms with van der Waals surface area (Å²) < 4.78 is 0. The van der Waals surface area contributed by atoms with E-state index >= 15 is 0 Å². The third-order valence-corrected chi connectivity index (χ3v) is 1.78. The summed E-state index contributed by atoms with van der Waals surface area (Å²) in [4.78, 5) is 16.1. The van der Waals surface area contributed by atoms with Gasteiger partial charge in [0.2, 0.25) is 5.91 Å². The first-order valence-electron chi connectivity index (χ1n) is 3.70. The van der Waals surface area contributed by atoms with Crippen molar-refractivity contribution < 1.29 is 9.63 Å². The van der Waals surface area contributed by atoms with Gasteiger partial charge in [-0.2, -0.15) is 0 Å². The Morgan fingerprint density at radius 1 is 1.80 bits per heavy atom. The van der Waals surface area contributed by atoms with Crippen molar-refractivity contribution >= 4 is 5.91 Å². The number of carbonyl (C=O) groups is 1. The number of rotatable bonds is 2. The van der Waals surface area contributed by atoms with Crippen LogP contribution in [0.3, 0.4) is 0 Å². The molecule has 0 radical (unpaired) electrons. The molecule has 10 heavy (non-hydrogen) atoms. The number of hydroxylamine groups is 2. The van der Waals surface area contributed by atoms with Crippen LogP contribution in [-0.4, -0.2) is 23.6 Å². The number of nitrogens with zero attached hydrogens (tertiary/aromatic N) is 1. The van der Waals surface area contributed by atoms with Crippen molar-refractivity contribution in [2.24, 2.45) is 0 Å². The van der Waals surface area contributed by atoms with Crippen molar-refractivity contribution in [2.75, 3.05) is 6.61 Å². The van der Waals surface area contributed by atoms with Gasteiger partial charge in [0.1, 0.15) is 0 Å². The number of carbonyl (C=O) groups excluding carboxylic acids is 1. The maximum absolute atomic E-state index is 11.0. The monoisotopic (exact) mass is 143 g/mol. The van der Waals surface area contributed by atoms with E-state index < -0.39 is 0 Å². The van der Waals surface area contributed by atoms with Crippen molar-refractivity contribution in [1.82, 2.24) is 5.06 Å².